The van der Waals surface area contributed by atoms with Crippen molar-refractivity contribution in [2.45, 2.75) is 64.1 Å². The number of anilines is 1. The lowest BCUT2D eigenvalue weighted by molar-refractivity contribution is 0.608. The topological polar surface area (TPSA) is 41.1 Å². The van der Waals surface area contributed by atoms with Crippen molar-refractivity contribution in [1.82, 2.24) is 15.3 Å². The Morgan fingerprint density at radius 1 is 1.16 bits per heavy atom. The number of nitrogens with zero attached hydrogens (tertiary/aromatic N) is 3. The molecular formula is C15H24N4. The number of nitrogens with one attached hydrogen (secondary N) is 1. The zero-order valence-electron chi connectivity index (χ0n) is 11.8. The minimum Gasteiger partial charge on any atom is -0.353 e. The fourth-order valence-corrected chi connectivity index (χ4v) is 2.74. The van der Waals surface area contributed by atoms with Crippen molar-refractivity contribution in [1.29, 1.82) is 0 Å². The molecule has 0 aromatic carbocycles. The molecule has 1 atom stereocenters. The third-order valence-corrected chi connectivity index (χ3v) is 4.19. The van der Waals surface area contributed by atoms with Crippen LogP contribution >= 0.6 is 0 Å². The summed E-state index contributed by atoms with van der Waals surface area (Å²) in [7, 11) is 0. The second kappa shape index (κ2) is 5.87. The molecule has 2 aliphatic rings. The maximum atomic E-state index is 4.62. The first kappa shape index (κ1) is 12.9. The highest BCUT2D eigenvalue weighted by Gasteiger charge is 2.21. The van der Waals surface area contributed by atoms with Crippen molar-refractivity contribution in [3.8, 4) is 0 Å². The molecule has 1 saturated heterocycles. The molecular weight excluding hydrogens is 236 g/mol. The minimum absolute atomic E-state index is 0.590. The average Bonchev–Trinajstić information content (AvgIpc) is 3.25. The van der Waals surface area contributed by atoms with E-state index in [4.69, 9.17) is 0 Å². The van der Waals surface area contributed by atoms with Gasteiger partial charge in [0.25, 0.3) is 0 Å². The molecule has 104 valence electrons. The second-order valence-electron chi connectivity index (χ2n) is 5.91. The molecule has 4 nitrogen and oxygen atoms in total. The predicted octanol–water partition coefficient (Wildman–Crippen LogP) is 2.50. The van der Waals surface area contributed by atoms with Gasteiger partial charge in [0.2, 0.25) is 0 Å². The maximum Gasteiger partial charge on any atom is 0.147 e. The molecule has 1 aliphatic carbocycles. The number of hydrogen-bond donors (Lipinski definition) is 1. The summed E-state index contributed by atoms with van der Waals surface area (Å²) in [5.41, 5.74) is 1.05. The Balaban J connectivity index is 1.62. The number of hydrogen-bond acceptors (Lipinski definition) is 4. The summed E-state index contributed by atoms with van der Waals surface area (Å²) in [5.74, 6) is 1.05. The van der Waals surface area contributed by atoms with E-state index in [0.29, 0.717) is 6.04 Å². The predicted molar refractivity (Wildman–Crippen MR) is 77.2 cm³/mol. The summed E-state index contributed by atoms with van der Waals surface area (Å²) in [6.45, 7) is 4.28. The summed E-state index contributed by atoms with van der Waals surface area (Å²) in [4.78, 5) is 11.6. The highest BCUT2D eigenvalue weighted by molar-refractivity contribution is 5.37. The van der Waals surface area contributed by atoms with Gasteiger partial charge in [-0.1, -0.05) is 12.8 Å². The van der Waals surface area contributed by atoms with Gasteiger partial charge in [0.15, 0.2) is 0 Å². The Hall–Kier alpha value is -1.16. The molecule has 0 radical (unpaired) electrons. The van der Waals surface area contributed by atoms with Gasteiger partial charge in [-0.3, -0.25) is 4.98 Å². The van der Waals surface area contributed by atoms with Crippen LogP contribution in [-0.4, -0.2) is 28.6 Å². The van der Waals surface area contributed by atoms with Gasteiger partial charge in [0.05, 0.1) is 18.1 Å². The summed E-state index contributed by atoms with van der Waals surface area (Å²) < 4.78 is 0. The summed E-state index contributed by atoms with van der Waals surface area (Å²) in [5, 5.41) is 3.47. The van der Waals surface area contributed by atoms with Gasteiger partial charge in [0, 0.05) is 25.2 Å². The van der Waals surface area contributed by atoms with Gasteiger partial charge >= 0.3 is 0 Å². The molecule has 1 N–H and O–H groups in total. The molecule has 0 spiro atoms. The van der Waals surface area contributed by atoms with Crippen molar-refractivity contribution in [2.24, 2.45) is 0 Å². The molecule has 3 rings (SSSR count). The highest BCUT2D eigenvalue weighted by Crippen LogP contribution is 2.22. The van der Waals surface area contributed by atoms with Crippen molar-refractivity contribution < 1.29 is 0 Å². The summed E-state index contributed by atoms with van der Waals surface area (Å²) in [6, 6.07) is 1.32. The molecule has 2 fully saturated rings. The monoisotopic (exact) mass is 260 g/mol. The van der Waals surface area contributed by atoms with Crippen LogP contribution in [0, 0.1) is 0 Å². The van der Waals surface area contributed by atoms with Crippen molar-refractivity contribution in [3.05, 3.63) is 18.1 Å². The Kier molecular flexibility index (Phi) is 3.97. The van der Waals surface area contributed by atoms with E-state index in [1.165, 1.54) is 38.5 Å². The number of rotatable bonds is 4. The molecule has 1 saturated carbocycles. The molecule has 1 unspecified atom stereocenters. The van der Waals surface area contributed by atoms with E-state index in [2.05, 4.69) is 27.1 Å². The van der Waals surface area contributed by atoms with E-state index in [-0.39, 0.29) is 0 Å². The fourth-order valence-electron chi connectivity index (χ4n) is 2.74. The molecule has 0 bridgehead atoms. The van der Waals surface area contributed by atoms with Crippen LogP contribution in [0.4, 0.5) is 5.82 Å². The first-order valence-corrected chi connectivity index (χ1v) is 7.64. The second-order valence-corrected chi connectivity index (χ2v) is 5.91. The number of aromatic nitrogens is 2. The van der Waals surface area contributed by atoms with E-state index in [0.717, 1.165) is 30.6 Å². The quantitative estimate of drug-likeness (QED) is 0.903. The van der Waals surface area contributed by atoms with Crippen LogP contribution in [0.1, 0.15) is 51.1 Å². The Morgan fingerprint density at radius 2 is 2.05 bits per heavy atom. The smallest absolute Gasteiger partial charge is 0.147 e. The Labute approximate surface area is 115 Å². The average molecular weight is 260 g/mol. The van der Waals surface area contributed by atoms with Gasteiger partial charge in [-0.05, 0) is 32.6 Å². The molecule has 4 heteroatoms. The third-order valence-electron chi connectivity index (χ3n) is 4.19. The lowest BCUT2D eigenvalue weighted by Crippen LogP contribution is -2.33. The van der Waals surface area contributed by atoms with Crippen molar-refractivity contribution >= 4 is 5.82 Å². The van der Waals surface area contributed by atoms with E-state index in [9.17, 15) is 0 Å². The van der Waals surface area contributed by atoms with Crippen LogP contribution in [0.25, 0.3) is 0 Å². The summed E-state index contributed by atoms with van der Waals surface area (Å²) in [6.07, 6.45) is 11.7. The zero-order valence-corrected chi connectivity index (χ0v) is 11.8. The maximum absolute atomic E-state index is 4.62. The van der Waals surface area contributed by atoms with E-state index < -0.39 is 0 Å². The van der Waals surface area contributed by atoms with Gasteiger partial charge in [0.1, 0.15) is 5.82 Å². The van der Waals surface area contributed by atoms with Gasteiger partial charge < -0.3 is 10.2 Å². The first-order chi connectivity index (χ1) is 9.33. The molecule has 1 aliphatic heterocycles. The van der Waals surface area contributed by atoms with Crippen molar-refractivity contribution in [2.75, 3.05) is 11.4 Å². The molecule has 19 heavy (non-hydrogen) atoms. The highest BCUT2D eigenvalue weighted by atomic mass is 15.2. The molecule has 0 amide bonds. The third kappa shape index (κ3) is 3.44. The first-order valence-electron chi connectivity index (χ1n) is 7.64. The van der Waals surface area contributed by atoms with E-state index in [1.807, 2.05) is 12.4 Å². The fraction of sp³-hybridized carbons (Fsp3) is 0.733. The normalized spacial score (nSPS) is 24.3. The Bertz CT molecular complexity index is 399. The zero-order chi connectivity index (χ0) is 13.1. The molecule has 2 heterocycles. The van der Waals surface area contributed by atoms with Gasteiger partial charge in [-0.15, -0.1) is 0 Å². The van der Waals surface area contributed by atoms with Crippen LogP contribution in [0.2, 0.25) is 0 Å². The standard InChI is InChI=1S/C15H24N4/c1-12-5-3-2-4-8-19(12)15-11-17-14(10-18-15)9-16-13-6-7-13/h10-13,16H,2-9H2,1H3. The van der Waals surface area contributed by atoms with Crippen molar-refractivity contribution in [3.63, 3.8) is 0 Å². The lowest BCUT2D eigenvalue weighted by Gasteiger charge is -2.27. The van der Waals surface area contributed by atoms with Crippen LogP contribution in [0.15, 0.2) is 12.4 Å². The van der Waals surface area contributed by atoms with Crippen LogP contribution in [-0.2, 0) is 6.54 Å². The van der Waals surface area contributed by atoms with E-state index in [1.54, 1.807) is 0 Å². The van der Waals surface area contributed by atoms with Crippen LogP contribution in [0.5, 0.6) is 0 Å². The Morgan fingerprint density at radius 3 is 2.79 bits per heavy atom. The lowest BCUT2D eigenvalue weighted by atomic mass is 10.1. The van der Waals surface area contributed by atoms with Gasteiger partial charge in [-0.2, -0.15) is 0 Å². The van der Waals surface area contributed by atoms with Crippen LogP contribution in [0.3, 0.4) is 0 Å². The van der Waals surface area contributed by atoms with Crippen LogP contribution < -0.4 is 10.2 Å². The van der Waals surface area contributed by atoms with Gasteiger partial charge in [-0.25, -0.2) is 4.98 Å². The SMILES string of the molecule is CC1CCCCCN1c1cnc(CNC2CC2)cn1. The molecule has 1 aromatic rings. The molecule has 1 aromatic heterocycles. The summed E-state index contributed by atoms with van der Waals surface area (Å²) >= 11 is 0. The largest absolute Gasteiger partial charge is 0.353 e. The minimum atomic E-state index is 0.590. The van der Waals surface area contributed by atoms with E-state index >= 15 is 0 Å².